The molecule has 0 unspecified atom stereocenters. The van der Waals surface area contributed by atoms with Gasteiger partial charge in [-0.3, -0.25) is 4.79 Å². The summed E-state index contributed by atoms with van der Waals surface area (Å²) in [4.78, 5) is 15.8. The van der Waals surface area contributed by atoms with Crippen molar-refractivity contribution in [3.05, 3.63) is 47.6 Å². The number of pyridine rings is 1. The Morgan fingerprint density at radius 1 is 1.38 bits per heavy atom. The van der Waals surface area contributed by atoms with Gasteiger partial charge < -0.3 is 9.73 Å². The number of rotatable bonds is 7. The summed E-state index contributed by atoms with van der Waals surface area (Å²) >= 11 is 5.71. The van der Waals surface area contributed by atoms with Gasteiger partial charge in [-0.1, -0.05) is 11.6 Å². The van der Waals surface area contributed by atoms with Crippen LogP contribution in [0.4, 0.5) is 0 Å². The summed E-state index contributed by atoms with van der Waals surface area (Å²) in [5.74, 6) is 0.106. The van der Waals surface area contributed by atoms with Crippen molar-refractivity contribution < 1.29 is 17.6 Å². The van der Waals surface area contributed by atoms with E-state index in [2.05, 4.69) is 10.3 Å². The van der Waals surface area contributed by atoms with Gasteiger partial charge in [0.2, 0.25) is 15.9 Å². The van der Waals surface area contributed by atoms with Gasteiger partial charge in [0.1, 0.15) is 15.8 Å². The minimum absolute atomic E-state index is 0.0299. The number of hydrogen-bond donors (Lipinski definition) is 1. The van der Waals surface area contributed by atoms with E-state index in [1.807, 2.05) is 0 Å². The molecule has 9 heteroatoms. The Kier molecular flexibility index (Phi) is 4.88. The third-order valence-electron chi connectivity index (χ3n) is 3.51. The lowest BCUT2D eigenvalue weighted by Crippen LogP contribution is -2.41. The SMILES string of the molecule is O=C(CN(Cc1ccco1)S(=O)(=O)c1ccc(Cl)nc1)NC1CC1. The molecule has 0 aromatic carbocycles. The number of halogens is 1. The van der Waals surface area contributed by atoms with Crippen LogP contribution in [0.15, 0.2) is 46.0 Å². The Morgan fingerprint density at radius 3 is 2.75 bits per heavy atom. The van der Waals surface area contributed by atoms with Crippen LogP contribution in [0, 0.1) is 0 Å². The molecule has 3 rings (SSSR count). The lowest BCUT2D eigenvalue weighted by atomic mass is 10.4. The van der Waals surface area contributed by atoms with Gasteiger partial charge in [0.25, 0.3) is 0 Å². The lowest BCUT2D eigenvalue weighted by Gasteiger charge is -2.20. The maximum atomic E-state index is 12.8. The molecule has 1 N–H and O–H groups in total. The minimum Gasteiger partial charge on any atom is -0.468 e. The highest BCUT2D eigenvalue weighted by molar-refractivity contribution is 7.89. The zero-order valence-corrected chi connectivity index (χ0v) is 14.3. The molecule has 1 aliphatic rings. The number of nitrogens with zero attached hydrogens (tertiary/aromatic N) is 2. The smallest absolute Gasteiger partial charge is 0.245 e. The molecular formula is C15H16ClN3O4S. The van der Waals surface area contributed by atoms with Crippen LogP contribution in [0.5, 0.6) is 0 Å². The highest BCUT2D eigenvalue weighted by Gasteiger charge is 2.30. The fourth-order valence-electron chi connectivity index (χ4n) is 2.13. The van der Waals surface area contributed by atoms with Crippen LogP contribution in [0.25, 0.3) is 0 Å². The monoisotopic (exact) mass is 369 g/mol. The number of aromatic nitrogens is 1. The van der Waals surface area contributed by atoms with Gasteiger partial charge in [0.15, 0.2) is 0 Å². The Labute approximate surface area is 144 Å². The van der Waals surface area contributed by atoms with Crippen molar-refractivity contribution in [1.82, 2.24) is 14.6 Å². The molecule has 2 heterocycles. The molecule has 0 bridgehead atoms. The predicted molar refractivity (Wildman–Crippen MR) is 86.7 cm³/mol. The van der Waals surface area contributed by atoms with E-state index < -0.39 is 10.0 Å². The molecule has 0 spiro atoms. The maximum absolute atomic E-state index is 12.8. The molecule has 0 aliphatic heterocycles. The first-order valence-corrected chi connectivity index (χ1v) is 9.20. The molecule has 1 aliphatic carbocycles. The van der Waals surface area contributed by atoms with Crippen LogP contribution in [0.2, 0.25) is 5.15 Å². The number of amides is 1. The molecule has 2 aromatic heterocycles. The summed E-state index contributed by atoms with van der Waals surface area (Å²) < 4.78 is 31.9. The van der Waals surface area contributed by atoms with Crippen molar-refractivity contribution in [3.63, 3.8) is 0 Å². The van der Waals surface area contributed by atoms with Crippen molar-refractivity contribution in [1.29, 1.82) is 0 Å². The third kappa shape index (κ3) is 4.14. The van der Waals surface area contributed by atoms with Crippen molar-refractivity contribution >= 4 is 27.5 Å². The maximum Gasteiger partial charge on any atom is 0.245 e. The predicted octanol–water partition coefficient (Wildman–Crippen LogP) is 1.80. The Balaban J connectivity index is 1.83. The van der Waals surface area contributed by atoms with E-state index in [0.29, 0.717) is 5.76 Å². The van der Waals surface area contributed by atoms with Gasteiger partial charge in [-0.25, -0.2) is 13.4 Å². The molecule has 0 radical (unpaired) electrons. The summed E-state index contributed by atoms with van der Waals surface area (Å²) in [6.07, 6.45) is 4.48. The van der Waals surface area contributed by atoms with Crippen LogP contribution in [0.3, 0.4) is 0 Å². The van der Waals surface area contributed by atoms with Gasteiger partial charge in [-0.05, 0) is 37.1 Å². The summed E-state index contributed by atoms with van der Waals surface area (Å²) in [6.45, 7) is -0.335. The van der Waals surface area contributed by atoms with E-state index >= 15 is 0 Å². The summed E-state index contributed by atoms with van der Waals surface area (Å²) in [6, 6.07) is 6.22. The number of nitrogens with one attached hydrogen (secondary N) is 1. The molecule has 1 fully saturated rings. The van der Waals surface area contributed by atoms with Crippen molar-refractivity contribution in [2.24, 2.45) is 0 Å². The van der Waals surface area contributed by atoms with Crippen LogP contribution in [-0.2, 0) is 21.4 Å². The fraction of sp³-hybridized carbons (Fsp3) is 0.333. The summed E-state index contributed by atoms with van der Waals surface area (Å²) in [7, 11) is -3.91. The third-order valence-corrected chi connectivity index (χ3v) is 5.51. The second kappa shape index (κ2) is 6.92. The van der Waals surface area contributed by atoms with E-state index in [0.717, 1.165) is 17.1 Å². The Bertz CT molecular complexity index is 802. The van der Waals surface area contributed by atoms with E-state index in [-0.39, 0.29) is 35.1 Å². The topological polar surface area (TPSA) is 92.5 Å². The average molecular weight is 370 g/mol. The van der Waals surface area contributed by atoms with Gasteiger partial charge in [-0.15, -0.1) is 0 Å². The van der Waals surface area contributed by atoms with Crippen LogP contribution in [0.1, 0.15) is 18.6 Å². The zero-order chi connectivity index (χ0) is 17.2. The molecule has 0 atom stereocenters. The van der Waals surface area contributed by atoms with E-state index in [1.165, 1.54) is 24.6 Å². The van der Waals surface area contributed by atoms with Crippen molar-refractivity contribution in [3.8, 4) is 0 Å². The van der Waals surface area contributed by atoms with Gasteiger partial charge in [-0.2, -0.15) is 4.31 Å². The first-order chi connectivity index (χ1) is 11.4. The van der Waals surface area contributed by atoms with E-state index in [9.17, 15) is 13.2 Å². The molecule has 0 saturated heterocycles. The van der Waals surface area contributed by atoms with Crippen LogP contribution >= 0.6 is 11.6 Å². The number of furan rings is 1. The second-order valence-electron chi connectivity index (χ2n) is 5.51. The second-order valence-corrected chi connectivity index (χ2v) is 7.84. The van der Waals surface area contributed by atoms with Gasteiger partial charge in [0.05, 0.1) is 19.4 Å². The van der Waals surface area contributed by atoms with E-state index in [4.69, 9.17) is 16.0 Å². The van der Waals surface area contributed by atoms with Crippen molar-refractivity contribution in [2.75, 3.05) is 6.54 Å². The Morgan fingerprint density at radius 2 is 2.17 bits per heavy atom. The molecule has 1 saturated carbocycles. The number of carbonyl (C=O) groups is 1. The minimum atomic E-state index is -3.91. The van der Waals surface area contributed by atoms with Crippen LogP contribution < -0.4 is 5.32 Å². The number of sulfonamides is 1. The number of hydrogen-bond acceptors (Lipinski definition) is 5. The highest BCUT2D eigenvalue weighted by atomic mass is 35.5. The van der Waals surface area contributed by atoms with E-state index in [1.54, 1.807) is 12.1 Å². The molecule has 128 valence electrons. The molecule has 2 aromatic rings. The first kappa shape index (κ1) is 16.9. The quantitative estimate of drug-likeness (QED) is 0.751. The van der Waals surface area contributed by atoms with Crippen LogP contribution in [-0.4, -0.2) is 36.2 Å². The molecule has 24 heavy (non-hydrogen) atoms. The van der Waals surface area contributed by atoms with Crippen molar-refractivity contribution in [2.45, 2.75) is 30.3 Å². The number of carbonyl (C=O) groups excluding carboxylic acids is 1. The normalized spacial score (nSPS) is 14.8. The standard InChI is InChI=1S/C15H16ClN3O4S/c16-14-6-5-13(8-17-14)24(21,22)19(9-12-2-1-7-23-12)10-15(20)18-11-3-4-11/h1-2,5-8,11H,3-4,9-10H2,(H,18,20). The Hall–Kier alpha value is -1.90. The van der Waals surface area contributed by atoms with Gasteiger partial charge >= 0.3 is 0 Å². The molecule has 7 nitrogen and oxygen atoms in total. The lowest BCUT2D eigenvalue weighted by molar-refractivity contribution is -0.121. The highest BCUT2D eigenvalue weighted by Crippen LogP contribution is 2.21. The van der Waals surface area contributed by atoms with Gasteiger partial charge in [0, 0.05) is 12.2 Å². The zero-order valence-electron chi connectivity index (χ0n) is 12.7. The first-order valence-electron chi connectivity index (χ1n) is 7.38. The molecular weight excluding hydrogens is 354 g/mol. The summed E-state index contributed by atoms with van der Waals surface area (Å²) in [5.41, 5.74) is 0. The molecule has 1 amide bonds. The fourth-order valence-corrected chi connectivity index (χ4v) is 3.55. The average Bonchev–Trinajstić information content (AvgIpc) is 3.19. The summed E-state index contributed by atoms with van der Waals surface area (Å²) in [5, 5.41) is 2.98. The largest absolute Gasteiger partial charge is 0.468 e.